The van der Waals surface area contributed by atoms with Gasteiger partial charge in [-0.2, -0.15) is 0 Å². The predicted octanol–water partition coefficient (Wildman–Crippen LogP) is 8.49. The van der Waals surface area contributed by atoms with Crippen LogP contribution in [0.1, 0.15) is 162 Å². The Morgan fingerprint density at radius 3 is 1.44 bits per heavy atom. The van der Waals surface area contributed by atoms with E-state index in [0.717, 1.165) is 96.3 Å². The van der Waals surface area contributed by atoms with Crippen molar-refractivity contribution in [3.05, 3.63) is 109 Å². The van der Waals surface area contributed by atoms with Gasteiger partial charge in [-0.05, 0) is 77.0 Å². The molecule has 0 aromatic carbocycles. The van der Waals surface area contributed by atoms with Crippen LogP contribution in [0.4, 0.5) is 0 Å². The second kappa shape index (κ2) is 43.8. The lowest BCUT2D eigenvalue weighted by atomic mass is 9.97. The summed E-state index contributed by atoms with van der Waals surface area (Å²) in [6.07, 6.45) is 45.2. The van der Waals surface area contributed by atoms with E-state index in [2.05, 4.69) is 116 Å². The van der Waals surface area contributed by atoms with Crippen molar-refractivity contribution < 1.29 is 64.6 Å². The van der Waals surface area contributed by atoms with Crippen LogP contribution in [0.2, 0.25) is 0 Å². The zero-order chi connectivity index (χ0) is 53.2. The van der Waals surface area contributed by atoms with E-state index in [0.29, 0.717) is 6.42 Å². The first kappa shape index (κ1) is 65.8. The Morgan fingerprint density at radius 2 is 0.945 bits per heavy atom. The molecule has 73 heavy (non-hydrogen) atoms. The topological polar surface area (TPSA) is 228 Å². The van der Waals surface area contributed by atoms with Crippen LogP contribution in [-0.2, 0) is 23.7 Å². The molecular weight excluding hydrogens is 931 g/mol. The molecule has 0 bridgehead atoms. The molecule has 12 unspecified atom stereocenters. The molecule has 0 radical (unpaired) electrons. The monoisotopic (exact) mass is 1030 g/mol. The molecule has 9 N–H and O–H groups in total. The maximum Gasteiger partial charge on any atom is 0.220 e. The molecule has 416 valence electrons. The number of nitrogens with one attached hydrogen (secondary N) is 1. The third-order valence-corrected chi connectivity index (χ3v) is 12.7. The van der Waals surface area contributed by atoms with Crippen LogP contribution in [0.3, 0.4) is 0 Å². The van der Waals surface area contributed by atoms with Crippen LogP contribution >= 0.6 is 0 Å². The molecule has 0 aromatic heterocycles. The summed E-state index contributed by atoms with van der Waals surface area (Å²) in [6, 6.07) is -0.919. The van der Waals surface area contributed by atoms with Gasteiger partial charge in [0.15, 0.2) is 12.6 Å². The maximum atomic E-state index is 13.1. The Kier molecular flexibility index (Phi) is 39.5. The summed E-state index contributed by atoms with van der Waals surface area (Å²) in [5.41, 5.74) is 0. The number of unbranched alkanes of at least 4 members (excludes halogenated alkanes) is 12. The molecule has 2 heterocycles. The van der Waals surface area contributed by atoms with Crippen molar-refractivity contribution in [2.75, 3.05) is 19.8 Å². The van der Waals surface area contributed by atoms with Crippen molar-refractivity contribution in [2.45, 2.75) is 235 Å². The van der Waals surface area contributed by atoms with E-state index in [1.807, 2.05) is 6.08 Å². The van der Waals surface area contributed by atoms with Crippen LogP contribution in [0.5, 0.6) is 0 Å². The minimum atomic E-state index is -1.79. The van der Waals surface area contributed by atoms with Gasteiger partial charge in [-0.15, -0.1) is 0 Å². The molecule has 0 aliphatic carbocycles. The second-order valence-electron chi connectivity index (χ2n) is 19.0. The van der Waals surface area contributed by atoms with Crippen molar-refractivity contribution in [2.24, 2.45) is 0 Å². The van der Waals surface area contributed by atoms with Crippen molar-refractivity contribution in [1.82, 2.24) is 5.32 Å². The van der Waals surface area contributed by atoms with Gasteiger partial charge in [0.05, 0.1) is 32.0 Å². The van der Waals surface area contributed by atoms with Crippen molar-refractivity contribution in [3.63, 3.8) is 0 Å². The van der Waals surface area contributed by atoms with Gasteiger partial charge in [0, 0.05) is 6.42 Å². The highest BCUT2D eigenvalue weighted by atomic mass is 16.7. The maximum absolute atomic E-state index is 13.1. The van der Waals surface area contributed by atoms with Crippen LogP contribution in [0.25, 0.3) is 0 Å². The summed E-state index contributed by atoms with van der Waals surface area (Å²) in [5.74, 6) is -0.260. The van der Waals surface area contributed by atoms with Crippen LogP contribution < -0.4 is 5.32 Å². The van der Waals surface area contributed by atoms with Gasteiger partial charge in [0.1, 0.15) is 48.8 Å². The highest BCUT2D eigenvalue weighted by molar-refractivity contribution is 5.76. The number of aliphatic hydroxyl groups excluding tert-OH is 8. The largest absolute Gasteiger partial charge is 0.394 e. The first-order valence-corrected chi connectivity index (χ1v) is 27.6. The Morgan fingerprint density at radius 1 is 0.507 bits per heavy atom. The summed E-state index contributed by atoms with van der Waals surface area (Å²) in [6.45, 7) is 2.47. The molecule has 2 rings (SSSR count). The highest BCUT2D eigenvalue weighted by Crippen LogP contribution is 2.30. The van der Waals surface area contributed by atoms with Gasteiger partial charge in [-0.25, -0.2) is 0 Å². The number of allylic oxidation sites excluding steroid dienone is 17. The van der Waals surface area contributed by atoms with Gasteiger partial charge in [-0.3, -0.25) is 4.79 Å². The number of hydrogen-bond donors (Lipinski definition) is 9. The smallest absolute Gasteiger partial charge is 0.220 e. The van der Waals surface area contributed by atoms with Gasteiger partial charge in [0.25, 0.3) is 0 Å². The van der Waals surface area contributed by atoms with Gasteiger partial charge in [-0.1, -0.05) is 187 Å². The number of ether oxygens (including phenoxy) is 4. The molecule has 2 aliphatic rings. The summed E-state index contributed by atoms with van der Waals surface area (Å²) < 4.78 is 22.5. The molecule has 1 amide bonds. The van der Waals surface area contributed by atoms with Crippen LogP contribution in [-0.4, -0.2) is 140 Å². The molecule has 12 atom stereocenters. The van der Waals surface area contributed by atoms with E-state index >= 15 is 0 Å². The lowest BCUT2D eigenvalue weighted by Crippen LogP contribution is -2.65. The molecule has 2 fully saturated rings. The Bertz CT molecular complexity index is 1640. The third-order valence-electron chi connectivity index (χ3n) is 12.7. The second-order valence-corrected chi connectivity index (χ2v) is 19.0. The summed E-state index contributed by atoms with van der Waals surface area (Å²) in [5, 5.41) is 86.1. The number of aliphatic hydroxyl groups is 8. The average Bonchev–Trinajstić information content (AvgIpc) is 3.39. The Balaban J connectivity index is 1.56. The third kappa shape index (κ3) is 30.1. The summed E-state index contributed by atoms with van der Waals surface area (Å²) in [4.78, 5) is 13.1. The van der Waals surface area contributed by atoms with E-state index in [1.54, 1.807) is 6.08 Å². The quantitative estimate of drug-likeness (QED) is 0.0207. The number of rotatable bonds is 41. The summed E-state index contributed by atoms with van der Waals surface area (Å²) in [7, 11) is 0. The standard InChI is InChI=1S/C59H97NO13/c1-3-5-7-9-10-11-12-13-14-15-16-17-18-19-20-21-22-23-24-25-26-27-28-29-30-31-32-33-34-35-36-37-38-39-41-43-51(64)60-47(48(63)42-40-8-6-4-2)46-70-58-56(69)54(67)57(50(45-62)72-58)73-59-55(68)53(66)52(65)49(44-61)71-59/h5,7,10-11,13-14,16-17,19-20,22-23,25-26,28-29,40,42,47-50,52-59,61-63,65-69H,3-4,6,8-9,12,15,18,21,24,27,30-39,41,43-46H2,1-2H3,(H,60,64)/b7-5-,11-10-,14-13-,17-16-,20-19-,23-22-,26-25-,29-28-,42-40+. The number of carbonyl (C=O) groups is 1. The zero-order valence-electron chi connectivity index (χ0n) is 44.3. The van der Waals surface area contributed by atoms with Crippen LogP contribution in [0.15, 0.2) is 109 Å². The average molecular weight is 1030 g/mol. The van der Waals surface area contributed by atoms with Gasteiger partial charge < -0.3 is 65.1 Å². The van der Waals surface area contributed by atoms with Gasteiger partial charge >= 0.3 is 0 Å². The van der Waals surface area contributed by atoms with Crippen molar-refractivity contribution in [3.8, 4) is 0 Å². The summed E-state index contributed by atoms with van der Waals surface area (Å²) >= 11 is 0. The molecule has 14 heteroatoms. The lowest BCUT2D eigenvalue weighted by Gasteiger charge is -2.46. The molecule has 0 saturated carbocycles. The zero-order valence-corrected chi connectivity index (χ0v) is 44.3. The Labute approximate surface area is 438 Å². The number of carbonyl (C=O) groups excluding carboxylic acids is 1. The fourth-order valence-corrected chi connectivity index (χ4v) is 8.23. The minimum absolute atomic E-state index is 0.260. The molecular formula is C59H97NO13. The van der Waals surface area contributed by atoms with Crippen LogP contribution in [0, 0.1) is 0 Å². The van der Waals surface area contributed by atoms with Crippen molar-refractivity contribution >= 4 is 5.91 Å². The first-order valence-electron chi connectivity index (χ1n) is 27.6. The highest BCUT2D eigenvalue weighted by Gasteiger charge is 2.51. The SMILES string of the molecule is CC/C=C\C/C=C\C/C=C\C/C=C\C/C=C\C/C=C\C/C=C\C/C=C\CCCCCCCCCCCCC(=O)NC(COC1OC(CO)C(OC2OC(CO)C(O)C(O)C2O)C(O)C1O)C(O)/C=C/CCCC. The molecule has 0 aromatic rings. The minimum Gasteiger partial charge on any atom is -0.394 e. The Hall–Kier alpha value is -3.35. The van der Waals surface area contributed by atoms with Gasteiger partial charge in [0.2, 0.25) is 5.91 Å². The normalized spacial score (nSPS) is 26.3. The molecule has 14 nitrogen and oxygen atoms in total. The molecule has 2 aliphatic heterocycles. The van der Waals surface area contributed by atoms with E-state index in [1.165, 1.54) is 38.5 Å². The molecule has 0 spiro atoms. The fourth-order valence-electron chi connectivity index (χ4n) is 8.23. The van der Waals surface area contributed by atoms with E-state index in [-0.39, 0.29) is 18.9 Å². The first-order chi connectivity index (χ1) is 35.6. The molecule has 2 saturated heterocycles. The lowest BCUT2D eigenvalue weighted by molar-refractivity contribution is -0.359. The van der Waals surface area contributed by atoms with E-state index in [9.17, 15) is 45.6 Å². The number of hydrogen-bond acceptors (Lipinski definition) is 13. The van der Waals surface area contributed by atoms with E-state index in [4.69, 9.17) is 18.9 Å². The van der Waals surface area contributed by atoms with E-state index < -0.39 is 86.8 Å². The predicted molar refractivity (Wildman–Crippen MR) is 290 cm³/mol. The fraction of sp³-hybridized carbons (Fsp3) is 0.678. The number of amides is 1. The van der Waals surface area contributed by atoms with Crippen molar-refractivity contribution in [1.29, 1.82) is 0 Å².